The van der Waals surface area contributed by atoms with Crippen LogP contribution in [0.25, 0.3) is 0 Å². The van der Waals surface area contributed by atoms with E-state index < -0.39 is 6.03 Å². The second-order valence-corrected chi connectivity index (χ2v) is 3.98. The molecule has 1 aliphatic rings. The number of amides is 2. The van der Waals surface area contributed by atoms with E-state index in [2.05, 4.69) is 9.98 Å². The zero-order chi connectivity index (χ0) is 13.1. The summed E-state index contributed by atoms with van der Waals surface area (Å²) in [5, 5.41) is 0. The van der Waals surface area contributed by atoms with E-state index in [9.17, 15) is 4.79 Å². The van der Waals surface area contributed by atoms with Gasteiger partial charge in [0.25, 0.3) is 0 Å². The molecule has 92 valence electrons. The lowest BCUT2D eigenvalue weighted by molar-refractivity contribution is 0.257. The number of carbonyl (C=O) groups excluding carboxylic acids is 1. The Labute approximate surface area is 110 Å². The minimum absolute atomic E-state index is 0.459. The number of rotatable bonds is 3. The van der Waals surface area contributed by atoms with Gasteiger partial charge in [-0.05, 0) is 36.4 Å². The number of aliphatic imine (C=N–C) groups is 2. The third kappa shape index (κ3) is 2.57. The van der Waals surface area contributed by atoms with Gasteiger partial charge in [-0.15, -0.1) is 0 Å². The van der Waals surface area contributed by atoms with Crippen molar-refractivity contribution in [1.29, 1.82) is 0 Å². The second-order valence-electron chi connectivity index (χ2n) is 3.98. The Hall–Kier alpha value is -2.75. The fourth-order valence-electron chi connectivity index (χ4n) is 1.73. The van der Waals surface area contributed by atoms with Crippen LogP contribution in [-0.2, 0) is 0 Å². The van der Waals surface area contributed by atoms with Crippen LogP contribution in [0.15, 0.2) is 64.6 Å². The van der Waals surface area contributed by atoms with Gasteiger partial charge in [0.2, 0.25) is 0 Å². The van der Waals surface area contributed by atoms with Crippen molar-refractivity contribution in [3.63, 3.8) is 0 Å². The molecule has 0 bridgehead atoms. The topological polar surface area (TPSA) is 51.0 Å². The van der Waals surface area contributed by atoms with Crippen LogP contribution in [0.4, 0.5) is 4.79 Å². The van der Waals surface area contributed by atoms with E-state index in [-0.39, 0.29) is 0 Å². The van der Waals surface area contributed by atoms with Gasteiger partial charge in [-0.1, -0.05) is 18.2 Å². The number of benzene rings is 2. The molecule has 0 atom stereocenters. The number of carbonyl (C=O) groups is 1. The maximum atomic E-state index is 10.9. The summed E-state index contributed by atoms with van der Waals surface area (Å²) in [6.07, 6.45) is 1.47. The highest BCUT2D eigenvalue weighted by molar-refractivity contribution is 6.43. The summed E-state index contributed by atoms with van der Waals surface area (Å²) in [7, 11) is 0. The summed E-state index contributed by atoms with van der Waals surface area (Å²) in [4.78, 5) is 18.3. The van der Waals surface area contributed by atoms with Crippen LogP contribution < -0.4 is 4.74 Å². The monoisotopic (exact) mass is 250 g/mol. The third-order valence-electron chi connectivity index (χ3n) is 2.64. The average molecular weight is 250 g/mol. The van der Waals surface area contributed by atoms with E-state index in [0.717, 1.165) is 17.1 Å². The summed E-state index contributed by atoms with van der Waals surface area (Å²) >= 11 is 0. The van der Waals surface area contributed by atoms with Gasteiger partial charge < -0.3 is 4.74 Å². The first-order valence-electron chi connectivity index (χ1n) is 5.81. The third-order valence-corrected chi connectivity index (χ3v) is 2.64. The largest absolute Gasteiger partial charge is 0.457 e. The van der Waals surface area contributed by atoms with Gasteiger partial charge in [-0.3, -0.25) is 0 Å². The lowest BCUT2D eigenvalue weighted by Gasteiger charge is -2.05. The molecule has 0 aliphatic carbocycles. The van der Waals surface area contributed by atoms with E-state index in [1.54, 1.807) is 0 Å². The molecule has 0 aromatic heterocycles. The highest BCUT2D eigenvalue weighted by Crippen LogP contribution is 2.21. The zero-order valence-corrected chi connectivity index (χ0v) is 9.98. The number of hydrogen-bond acceptors (Lipinski definition) is 2. The van der Waals surface area contributed by atoms with E-state index in [1.165, 1.54) is 6.21 Å². The van der Waals surface area contributed by atoms with Crippen molar-refractivity contribution in [1.82, 2.24) is 0 Å². The van der Waals surface area contributed by atoms with Crippen LogP contribution in [-0.4, -0.2) is 18.0 Å². The Morgan fingerprint density at radius 3 is 2.16 bits per heavy atom. The van der Waals surface area contributed by atoms with Crippen molar-refractivity contribution in [3.8, 4) is 11.5 Å². The molecule has 4 heteroatoms. The van der Waals surface area contributed by atoms with E-state index in [0.29, 0.717) is 5.71 Å². The molecule has 0 saturated carbocycles. The molecule has 2 aromatic carbocycles. The van der Waals surface area contributed by atoms with Crippen LogP contribution in [0.3, 0.4) is 0 Å². The number of nitrogens with zero attached hydrogens (tertiary/aromatic N) is 2. The molecule has 0 radical (unpaired) electrons. The molecule has 3 rings (SSSR count). The van der Waals surface area contributed by atoms with Crippen molar-refractivity contribution < 1.29 is 9.53 Å². The van der Waals surface area contributed by atoms with Gasteiger partial charge in [-0.2, -0.15) is 9.98 Å². The van der Waals surface area contributed by atoms with Crippen LogP contribution >= 0.6 is 0 Å². The maximum Gasteiger partial charge on any atom is 0.367 e. The van der Waals surface area contributed by atoms with Crippen LogP contribution in [0.5, 0.6) is 11.5 Å². The predicted molar refractivity (Wildman–Crippen MR) is 73.4 cm³/mol. The lowest BCUT2D eigenvalue weighted by atomic mass is 10.1. The number of urea groups is 1. The van der Waals surface area contributed by atoms with E-state index in [4.69, 9.17) is 4.74 Å². The summed E-state index contributed by atoms with van der Waals surface area (Å²) in [5.41, 5.74) is 1.42. The maximum absolute atomic E-state index is 10.9. The molecule has 0 spiro atoms. The summed E-state index contributed by atoms with van der Waals surface area (Å²) < 4.78 is 5.68. The zero-order valence-electron chi connectivity index (χ0n) is 9.98. The van der Waals surface area contributed by atoms with Gasteiger partial charge >= 0.3 is 6.03 Å². The van der Waals surface area contributed by atoms with Gasteiger partial charge in [0.15, 0.2) is 0 Å². The van der Waals surface area contributed by atoms with Crippen LogP contribution in [0.2, 0.25) is 0 Å². The quantitative estimate of drug-likeness (QED) is 0.837. The van der Waals surface area contributed by atoms with Crippen LogP contribution in [0.1, 0.15) is 5.56 Å². The molecule has 0 fully saturated rings. The number of hydrogen-bond donors (Lipinski definition) is 0. The molecule has 19 heavy (non-hydrogen) atoms. The summed E-state index contributed by atoms with van der Waals surface area (Å²) in [5.74, 6) is 1.52. The smallest absolute Gasteiger partial charge is 0.367 e. The van der Waals surface area contributed by atoms with Gasteiger partial charge in [-0.25, -0.2) is 4.79 Å². The lowest BCUT2D eigenvalue weighted by Crippen LogP contribution is -1.98. The van der Waals surface area contributed by atoms with Crippen LogP contribution in [0, 0.1) is 0 Å². The highest BCUT2D eigenvalue weighted by Gasteiger charge is 2.10. The molecule has 1 heterocycles. The van der Waals surface area contributed by atoms with Crippen molar-refractivity contribution in [2.24, 2.45) is 9.98 Å². The molecule has 1 aliphatic heterocycles. The average Bonchev–Trinajstić information content (AvgIpc) is 2.87. The van der Waals surface area contributed by atoms with Gasteiger partial charge in [0, 0.05) is 5.56 Å². The molecule has 2 aromatic rings. The standard InChI is InChI=1S/C15H10N2O2/c18-15-16-10-14(17-15)11-6-8-13(9-7-11)19-12-4-2-1-3-5-12/h1-10H. The first-order chi connectivity index (χ1) is 9.31. The Morgan fingerprint density at radius 1 is 0.842 bits per heavy atom. The molecular formula is C15H10N2O2. The number of para-hydroxylation sites is 1. The normalized spacial score (nSPS) is 13.5. The molecule has 0 saturated heterocycles. The van der Waals surface area contributed by atoms with Crippen molar-refractivity contribution in [2.45, 2.75) is 0 Å². The Kier molecular flexibility index (Phi) is 2.90. The molecule has 0 N–H and O–H groups in total. The highest BCUT2D eigenvalue weighted by atomic mass is 16.5. The van der Waals surface area contributed by atoms with Gasteiger partial charge in [0.05, 0.1) is 11.9 Å². The minimum atomic E-state index is -0.459. The Bertz CT molecular complexity index is 658. The SMILES string of the molecule is O=C1N=CC(c2ccc(Oc3ccccc3)cc2)=N1. The minimum Gasteiger partial charge on any atom is -0.457 e. The second kappa shape index (κ2) is 4.86. The number of ether oxygens (including phenoxy) is 1. The van der Waals surface area contributed by atoms with E-state index >= 15 is 0 Å². The predicted octanol–water partition coefficient (Wildman–Crippen LogP) is 3.47. The summed E-state index contributed by atoms with van der Waals surface area (Å²) in [6, 6.07) is 16.5. The summed E-state index contributed by atoms with van der Waals surface area (Å²) in [6.45, 7) is 0. The first kappa shape index (κ1) is 11.3. The van der Waals surface area contributed by atoms with Gasteiger partial charge in [0.1, 0.15) is 11.5 Å². The van der Waals surface area contributed by atoms with E-state index in [1.807, 2.05) is 54.6 Å². The fraction of sp³-hybridized carbons (Fsp3) is 0. The van der Waals surface area contributed by atoms with Crippen molar-refractivity contribution in [3.05, 3.63) is 60.2 Å². The van der Waals surface area contributed by atoms with Crippen molar-refractivity contribution >= 4 is 18.0 Å². The fourth-order valence-corrected chi connectivity index (χ4v) is 1.73. The molecular weight excluding hydrogens is 240 g/mol. The first-order valence-corrected chi connectivity index (χ1v) is 5.81. The van der Waals surface area contributed by atoms with Crippen molar-refractivity contribution in [2.75, 3.05) is 0 Å². The molecule has 2 amide bonds. The molecule has 4 nitrogen and oxygen atoms in total. The molecule has 0 unspecified atom stereocenters. The Balaban J connectivity index is 1.78. The Morgan fingerprint density at radius 2 is 1.53 bits per heavy atom.